The van der Waals surface area contributed by atoms with Crippen molar-refractivity contribution >= 4 is 57.5 Å². The van der Waals surface area contributed by atoms with Gasteiger partial charge >= 0.3 is 0 Å². The predicted molar refractivity (Wildman–Crippen MR) is 125 cm³/mol. The van der Waals surface area contributed by atoms with E-state index in [1.165, 1.54) is 0 Å². The Bertz CT molecular complexity index is 755. The van der Waals surface area contributed by atoms with Crippen LogP contribution in [0, 0.1) is 6.92 Å². The number of rotatable bonds is 7. The maximum Gasteiger partial charge on any atom is 0.226 e. The highest BCUT2D eigenvalue weighted by Crippen LogP contribution is 2.20. The number of anilines is 1. The Morgan fingerprint density at radius 2 is 2.04 bits per heavy atom. The lowest BCUT2D eigenvalue weighted by Crippen LogP contribution is -2.38. The maximum absolute atomic E-state index is 12.2. The van der Waals surface area contributed by atoms with Crippen molar-refractivity contribution in [2.45, 2.75) is 26.8 Å². The van der Waals surface area contributed by atoms with E-state index >= 15 is 0 Å². The fourth-order valence-corrected chi connectivity index (χ4v) is 2.59. The summed E-state index contributed by atoms with van der Waals surface area (Å²) in [7, 11) is 0. The number of pyridine rings is 1. The van der Waals surface area contributed by atoms with Gasteiger partial charge in [-0.3, -0.25) is 9.78 Å². The molecule has 8 heteroatoms. The standard InChI is InChI=1S/C19H24BrN5O.HI/c1-3-21-19(24-13-16-6-4-5-10-22-16)23-11-9-18(26)25-17-12-15(20)8-7-14(17)2;/h4-8,10,12H,3,9,11,13H2,1-2H3,(H,25,26)(H2,21,23,24);1H. The van der Waals surface area contributed by atoms with Gasteiger partial charge in [-0.1, -0.05) is 28.1 Å². The molecule has 0 atom stereocenters. The van der Waals surface area contributed by atoms with Crippen LogP contribution in [0.5, 0.6) is 0 Å². The molecule has 1 aromatic carbocycles. The number of hydrogen-bond acceptors (Lipinski definition) is 3. The van der Waals surface area contributed by atoms with E-state index < -0.39 is 0 Å². The Balaban J connectivity index is 0.00000364. The molecule has 1 amide bonds. The first kappa shape index (κ1) is 23.4. The topological polar surface area (TPSA) is 78.4 Å². The van der Waals surface area contributed by atoms with Crippen molar-refractivity contribution in [2.24, 2.45) is 4.99 Å². The van der Waals surface area contributed by atoms with E-state index in [2.05, 4.69) is 41.9 Å². The number of amides is 1. The van der Waals surface area contributed by atoms with Crippen LogP contribution in [0.1, 0.15) is 24.6 Å². The number of aliphatic imine (C=N–C) groups is 1. The number of guanidine groups is 1. The second kappa shape index (κ2) is 12.7. The van der Waals surface area contributed by atoms with Crippen molar-refractivity contribution in [1.82, 2.24) is 15.6 Å². The van der Waals surface area contributed by atoms with Gasteiger partial charge in [-0.05, 0) is 43.7 Å². The number of aryl methyl sites for hydroxylation is 1. The number of carbonyl (C=O) groups excluding carboxylic acids is 1. The molecule has 0 aliphatic rings. The van der Waals surface area contributed by atoms with Gasteiger partial charge in [0.1, 0.15) is 0 Å². The molecular formula is C19H25BrIN5O. The minimum absolute atomic E-state index is 0. The molecule has 3 N–H and O–H groups in total. The van der Waals surface area contributed by atoms with E-state index in [0.717, 1.165) is 28.0 Å². The van der Waals surface area contributed by atoms with Crippen molar-refractivity contribution in [3.8, 4) is 0 Å². The van der Waals surface area contributed by atoms with Crippen LogP contribution in [0.15, 0.2) is 52.1 Å². The lowest BCUT2D eigenvalue weighted by atomic mass is 10.2. The quantitative estimate of drug-likeness (QED) is 0.280. The largest absolute Gasteiger partial charge is 0.357 e. The minimum atomic E-state index is -0.0423. The van der Waals surface area contributed by atoms with Gasteiger partial charge in [-0.15, -0.1) is 24.0 Å². The van der Waals surface area contributed by atoms with E-state index in [1.807, 2.05) is 50.2 Å². The van der Waals surface area contributed by atoms with Crippen LogP contribution in [0.2, 0.25) is 0 Å². The lowest BCUT2D eigenvalue weighted by Gasteiger charge is -2.12. The molecule has 0 spiro atoms. The first-order chi connectivity index (χ1) is 12.6. The van der Waals surface area contributed by atoms with Crippen LogP contribution in [-0.2, 0) is 11.3 Å². The molecule has 1 aromatic heterocycles. The minimum Gasteiger partial charge on any atom is -0.357 e. The van der Waals surface area contributed by atoms with Gasteiger partial charge in [-0.2, -0.15) is 0 Å². The van der Waals surface area contributed by atoms with Gasteiger partial charge in [0.25, 0.3) is 0 Å². The Morgan fingerprint density at radius 1 is 1.22 bits per heavy atom. The zero-order valence-electron chi connectivity index (χ0n) is 15.5. The Kier molecular flexibility index (Phi) is 11.0. The predicted octanol–water partition coefficient (Wildman–Crippen LogP) is 3.85. The number of benzene rings is 1. The van der Waals surface area contributed by atoms with Gasteiger partial charge in [0.15, 0.2) is 5.96 Å². The smallest absolute Gasteiger partial charge is 0.226 e. The molecule has 0 unspecified atom stereocenters. The van der Waals surface area contributed by atoms with Crippen LogP contribution in [-0.4, -0.2) is 29.9 Å². The number of hydrogen-bond donors (Lipinski definition) is 3. The molecule has 0 fully saturated rings. The molecule has 0 saturated carbocycles. The molecule has 0 saturated heterocycles. The summed E-state index contributed by atoms with van der Waals surface area (Å²) >= 11 is 3.42. The first-order valence-electron chi connectivity index (χ1n) is 8.56. The molecule has 0 bridgehead atoms. The van der Waals surface area contributed by atoms with Crippen LogP contribution in [0.25, 0.3) is 0 Å². The van der Waals surface area contributed by atoms with Gasteiger partial charge in [0.2, 0.25) is 5.91 Å². The summed E-state index contributed by atoms with van der Waals surface area (Å²) < 4.78 is 0.938. The third-order valence-electron chi connectivity index (χ3n) is 3.59. The van der Waals surface area contributed by atoms with Crippen LogP contribution in [0.3, 0.4) is 0 Å². The van der Waals surface area contributed by atoms with Gasteiger partial charge in [0, 0.05) is 35.9 Å². The van der Waals surface area contributed by atoms with Crippen LogP contribution < -0.4 is 16.0 Å². The number of nitrogens with zero attached hydrogens (tertiary/aromatic N) is 2. The van der Waals surface area contributed by atoms with E-state index in [9.17, 15) is 4.79 Å². The van der Waals surface area contributed by atoms with Crippen molar-refractivity contribution in [3.05, 3.63) is 58.3 Å². The van der Waals surface area contributed by atoms with Gasteiger partial charge in [0.05, 0.1) is 12.2 Å². The molecule has 0 aliphatic carbocycles. The Morgan fingerprint density at radius 3 is 2.74 bits per heavy atom. The highest BCUT2D eigenvalue weighted by Gasteiger charge is 2.06. The summed E-state index contributed by atoms with van der Waals surface area (Å²) in [5.74, 6) is 0.629. The Labute approximate surface area is 185 Å². The molecular weight excluding hydrogens is 521 g/mol. The van der Waals surface area contributed by atoms with Gasteiger partial charge < -0.3 is 16.0 Å². The third kappa shape index (κ3) is 8.70. The normalized spacial score (nSPS) is 10.7. The van der Waals surface area contributed by atoms with Crippen LogP contribution in [0.4, 0.5) is 5.69 Å². The molecule has 2 rings (SSSR count). The molecule has 146 valence electrons. The van der Waals surface area contributed by atoms with E-state index in [1.54, 1.807) is 6.20 Å². The van der Waals surface area contributed by atoms with Crippen molar-refractivity contribution in [1.29, 1.82) is 0 Å². The van der Waals surface area contributed by atoms with Crippen LogP contribution >= 0.6 is 39.9 Å². The monoisotopic (exact) mass is 545 g/mol. The molecule has 0 aliphatic heterocycles. The SMILES string of the molecule is CCNC(=NCc1ccccn1)NCCC(=O)Nc1cc(Br)ccc1C.I. The fraction of sp³-hybridized carbons (Fsp3) is 0.316. The zero-order valence-corrected chi connectivity index (χ0v) is 19.4. The summed E-state index contributed by atoms with van der Waals surface area (Å²) in [6.07, 6.45) is 2.10. The summed E-state index contributed by atoms with van der Waals surface area (Å²) in [5.41, 5.74) is 2.74. The van der Waals surface area contributed by atoms with E-state index in [0.29, 0.717) is 25.5 Å². The number of nitrogens with one attached hydrogen (secondary N) is 3. The number of halogens is 2. The summed E-state index contributed by atoms with van der Waals surface area (Å²) in [6, 6.07) is 11.6. The van der Waals surface area contributed by atoms with E-state index in [4.69, 9.17) is 0 Å². The van der Waals surface area contributed by atoms with Crippen molar-refractivity contribution in [3.63, 3.8) is 0 Å². The molecule has 27 heavy (non-hydrogen) atoms. The lowest BCUT2D eigenvalue weighted by molar-refractivity contribution is -0.116. The van der Waals surface area contributed by atoms with E-state index in [-0.39, 0.29) is 29.9 Å². The molecule has 0 radical (unpaired) electrons. The zero-order chi connectivity index (χ0) is 18.8. The molecule has 2 aromatic rings. The fourth-order valence-electron chi connectivity index (χ4n) is 2.23. The average molecular weight is 546 g/mol. The Hall–Kier alpha value is -1.68. The third-order valence-corrected chi connectivity index (χ3v) is 4.08. The second-order valence-corrected chi connectivity index (χ2v) is 6.62. The first-order valence-corrected chi connectivity index (χ1v) is 9.36. The summed E-state index contributed by atoms with van der Waals surface area (Å²) in [5, 5.41) is 9.28. The number of aromatic nitrogens is 1. The molecule has 6 nitrogen and oxygen atoms in total. The summed E-state index contributed by atoms with van der Waals surface area (Å²) in [6.45, 7) is 5.69. The molecule has 1 heterocycles. The van der Waals surface area contributed by atoms with Gasteiger partial charge in [-0.25, -0.2) is 4.99 Å². The number of carbonyl (C=O) groups is 1. The second-order valence-electron chi connectivity index (χ2n) is 5.70. The summed E-state index contributed by atoms with van der Waals surface area (Å²) in [4.78, 5) is 20.9. The highest BCUT2D eigenvalue weighted by molar-refractivity contribution is 14.0. The van der Waals surface area contributed by atoms with Crippen molar-refractivity contribution < 1.29 is 4.79 Å². The highest BCUT2D eigenvalue weighted by atomic mass is 127. The maximum atomic E-state index is 12.2. The average Bonchev–Trinajstić information content (AvgIpc) is 2.63. The van der Waals surface area contributed by atoms with Crippen molar-refractivity contribution in [2.75, 3.05) is 18.4 Å².